The first-order valence-corrected chi connectivity index (χ1v) is 8.94. The van der Waals surface area contributed by atoms with Crippen LogP contribution < -0.4 is 10.6 Å². The van der Waals surface area contributed by atoms with E-state index >= 15 is 0 Å². The van der Waals surface area contributed by atoms with Crippen molar-refractivity contribution in [3.05, 3.63) is 59.3 Å². The number of anilines is 2. The third-order valence-corrected chi connectivity index (χ3v) is 4.28. The molecule has 0 bridgehead atoms. The van der Waals surface area contributed by atoms with E-state index in [0.29, 0.717) is 29.6 Å². The summed E-state index contributed by atoms with van der Waals surface area (Å²) in [4.78, 5) is 20.9. The highest BCUT2D eigenvalue weighted by molar-refractivity contribution is 5.93. The number of nitrogens with zero attached hydrogens (tertiary/aromatic N) is 2. The van der Waals surface area contributed by atoms with Crippen LogP contribution in [0.15, 0.2) is 42.0 Å². The Bertz CT molecular complexity index is 819. The van der Waals surface area contributed by atoms with Gasteiger partial charge in [-0.15, -0.1) is 0 Å². The first-order chi connectivity index (χ1) is 12.6. The third kappa shape index (κ3) is 5.12. The SMILES string of the molecule is Cc1nc(Nc2cccc(F)c2)cc(C(=O)NCCC2=CCCCC2)n1. The van der Waals surface area contributed by atoms with Crippen molar-refractivity contribution in [3.63, 3.8) is 0 Å². The molecule has 2 N–H and O–H groups in total. The van der Waals surface area contributed by atoms with Gasteiger partial charge in [0.25, 0.3) is 5.91 Å². The van der Waals surface area contributed by atoms with E-state index in [0.717, 1.165) is 19.3 Å². The Hall–Kier alpha value is -2.76. The Morgan fingerprint density at radius 3 is 2.88 bits per heavy atom. The number of halogens is 1. The maximum absolute atomic E-state index is 13.3. The fourth-order valence-corrected chi connectivity index (χ4v) is 3.02. The van der Waals surface area contributed by atoms with E-state index < -0.39 is 0 Å². The lowest BCUT2D eigenvalue weighted by Gasteiger charge is -2.13. The van der Waals surface area contributed by atoms with E-state index in [9.17, 15) is 9.18 Å². The van der Waals surface area contributed by atoms with Crippen molar-refractivity contribution in [2.24, 2.45) is 0 Å². The number of rotatable bonds is 6. The molecule has 26 heavy (non-hydrogen) atoms. The van der Waals surface area contributed by atoms with Crippen molar-refractivity contribution in [3.8, 4) is 0 Å². The van der Waals surface area contributed by atoms with Gasteiger partial charge >= 0.3 is 0 Å². The molecule has 1 amide bonds. The molecule has 0 aliphatic heterocycles. The van der Waals surface area contributed by atoms with Crippen molar-refractivity contribution in [1.29, 1.82) is 0 Å². The average molecular weight is 354 g/mol. The van der Waals surface area contributed by atoms with E-state index in [-0.39, 0.29) is 11.7 Å². The minimum Gasteiger partial charge on any atom is -0.350 e. The van der Waals surface area contributed by atoms with Crippen molar-refractivity contribution < 1.29 is 9.18 Å². The molecule has 1 aromatic carbocycles. The van der Waals surface area contributed by atoms with Crippen LogP contribution in [0.4, 0.5) is 15.9 Å². The molecule has 6 heteroatoms. The maximum atomic E-state index is 13.3. The third-order valence-electron chi connectivity index (χ3n) is 4.28. The molecule has 1 aliphatic rings. The molecule has 136 valence electrons. The van der Waals surface area contributed by atoms with E-state index in [1.54, 1.807) is 25.1 Å². The maximum Gasteiger partial charge on any atom is 0.270 e. The summed E-state index contributed by atoms with van der Waals surface area (Å²) in [5.41, 5.74) is 2.29. The zero-order valence-electron chi connectivity index (χ0n) is 14.9. The molecular formula is C20H23FN4O. The molecule has 0 fully saturated rings. The number of hydrogen-bond acceptors (Lipinski definition) is 4. The van der Waals surface area contributed by atoms with Crippen LogP contribution in [0, 0.1) is 12.7 Å². The first kappa shape index (κ1) is 18.0. The molecule has 1 aromatic heterocycles. The molecule has 2 aromatic rings. The highest BCUT2D eigenvalue weighted by Crippen LogP contribution is 2.19. The number of aromatic nitrogens is 2. The topological polar surface area (TPSA) is 66.9 Å². The largest absolute Gasteiger partial charge is 0.350 e. The Morgan fingerprint density at radius 2 is 2.12 bits per heavy atom. The van der Waals surface area contributed by atoms with Crippen LogP contribution in [0.3, 0.4) is 0 Å². The fourth-order valence-electron chi connectivity index (χ4n) is 3.02. The van der Waals surface area contributed by atoms with Gasteiger partial charge in [-0.3, -0.25) is 4.79 Å². The van der Waals surface area contributed by atoms with E-state index in [2.05, 4.69) is 26.7 Å². The van der Waals surface area contributed by atoms with Gasteiger partial charge in [-0.05, 0) is 57.2 Å². The van der Waals surface area contributed by atoms with Crippen molar-refractivity contribution in [2.45, 2.75) is 39.0 Å². The van der Waals surface area contributed by atoms with Gasteiger partial charge in [0.2, 0.25) is 0 Å². The van der Waals surface area contributed by atoms with Crippen LogP contribution >= 0.6 is 0 Å². The quantitative estimate of drug-likeness (QED) is 0.760. The smallest absolute Gasteiger partial charge is 0.270 e. The summed E-state index contributed by atoms with van der Waals surface area (Å²) in [7, 11) is 0. The summed E-state index contributed by atoms with van der Waals surface area (Å²) in [6, 6.07) is 7.66. The molecule has 0 atom stereocenters. The number of amides is 1. The highest BCUT2D eigenvalue weighted by atomic mass is 19.1. The summed E-state index contributed by atoms with van der Waals surface area (Å²) in [6.07, 6.45) is 7.93. The summed E-state index contributed by atoms with van der Waals surface area (Å²) in [5.74, 6) is 0.375. The highest BCUT2D eigenvalue weighted by Gasteiger charge is 2.11. The summed E-state index contributed by atoms with van der Waals surface area (Å²) in [6.45, 7) is 2.32. The first-order valence-electron chi connectivity index (χ1n) is 8.94. The van der Waals surface area contributed by atoms with Gasteiger partial charge in [0.1, 0.15) is 23.2 Å². The standard InChI is InChI=1S/C20H23FN4O/c1-14-23-18(20(26)22-11-10-15-6-3-2-4-7-15)13-19(24-14)25-17-9-5-8-16(21)12-17/h5-6,8-9,12-13H,2-4,7,10-11H2,1H3,(H,22,26)(H,23,24,25). The van der Waals surface area contributed by atoms with Crippen LogP contribution in [-0.4, -0.2) is 22.4 Å². The zero-order valence-corrected chi connectivity index (χ0v) is 14.9. The Balaban J connectivity index is 1.62. The van der Waals surface area contributed by atoms with Gasteiger partial charge in [-0.2, -0.15) is 0 Å². The van der Waals surface area contributed by atoms with Crippen molar-refractivity contribution >= 4 is 17.4 Å². The zero-order chi connectivity index (χ0) is 18.4. The number of carbonyl (C=O) groups excluding carboxylic acids is 1. The van der Waals surface area contributed by atoms with Crippen LogP contribution in [0.25, 0.3) is 0 Å². The van der Waals surface area contributed by atoms with Crippen LogP contribution in [0.2, 0.25) is 0 Å². The number of aryl methyl sites for hydroxylation is 1. The lowest BCUT2D eigenvalue weighted by molar-refractivity contribution is 0.0948. The molecule has 1 aliphatic carbocycles. The van der Waals surface area contributed by atoms with Crippen molar-refractivity contribution in [1.82, 2.24) is 15.3 Å². The normalized spacial score (nSPS) is 13.8. The predicted molar refractivity (Wildman–Crippen MR) is 100.0 cm³/mol. The van der Waals surface area contributed by atoms with Crippen LogP contribution in [-0.2, 0) is 0 Å². The van der Waals surface area contributed by atoms with E-state index in [4.69, 9.17) is 0 Å². The second-order valence-electron chi connectivity index (χ2n) is 6.44. The molecule has 5 nitrogen and oxygen atoms in total. The van der Waals surface area contributed by atoms with Crippen LogP contribution in [0.5, 0.6) is 0 Å². The Morgan fingerprint density at radius 1 is 1.23 bits per heavy atom. The van der Waals surface area contributed by atoms with Gasteiger partial charge < -0.3 is 10.6 Å². The van der Waals surface area contributed by atoms with Gasteiger partial charge in [-0.25, -0.2) is 14.4 Å². The number of hydrogen-bond donors (Lipinski definition) is 2. The number of nitrogens with one attached hydrogen (secondary N) is 2. The number of benzene rings is 1. The number of carbonyl (C=O) groups is 1. The van der Waals surface area contributed by atoms with Crippen LogP contribution in [0.1, 0.15) is 48.4 Å². The molecule has 0 spiro atoms. The summed E-state index contributed by atoms with van der Waals surface area (Å²) in [5, 5.41) is 5.92. The monoisotopic (exact) mass is 354 g/mol. The molecule has 0 radical (unpaired) electrons. The van der Waals surface area contributed by atoms with Gasteiger partial charge in [0.05, 0.1) is 0 Å². The second-order valence-corrected chi connectivity index (χ2v) is 6.44. The summed E-state index contributed by atoms with van der Waals surface area (Å²) >= 11 is 0. The van der Waals surface area contributed by atoms with E-state index in [1.165, 1.54) is 30.5 Å². The van der Waals surface area contributed by atoms with Crippen molar-refractivity contribution in [2.75, 3.05) is 11.9 Å². The van der Waals surface area contributed by atoms with E-state index in [1.807, 2.05) is 0 Å². The molecular weight excluding hydrogens is 331 g/mol. The molecule has 1 heterocycles. The molecule has 0 saturated heterocycles. The lowest BCUT2D eigenvalue weighted by Crippen LogP contribution is -2.26. The second kappa shape index (κ2) is 8.56. The fraction of sp³-hybridized carbons (Fsp3) is 0.350. The predicted octanol–water partition coefficient (Wildman–Crippen LogP) is 4.29. The minimum atomic E-state index is -0.337. The Labute approximate surface area is 152 Å². The lowest BCUT2D eigenvalue weighted by atomic mass is 9.97. The number of allylic oxidation sites excluding steroid dienone is 1. The van der Waals surface area contributed by atoms with Gasteiger partial charge in [0.15, 0.2) is 0 Å². The minimum absolute atomic E-state index is 0.228. The Kier molecular flexibility index (Phi) is 5.94. The molecule has 0 saturated carbocycles. The average Bonchev–Trinajstić information content (AvgIpc) is 2.62. The summed E-state index contributed by atoms with van der Waals surface area (Å²) < 4.78 is 13.3. The molecule has 3 rings (SSSR count). The van der Waals surface area contributed by atoms with Gasteiger partial charge in [0, 0.05) is 18.3 Å². The molecule has 0 unspecified atom stereocenters. The van der Waals surface area contributed by atoms with Gasteiger partial charge in [-0.1, -0.05) is 17.7 Å².